The van der Waals surface area contributed by atoms with Gasteiger partial charge in [0.15, 0.2) is 0 Å². The molecule has 0 aliphatic carbocycles. The Bertz CT molecular complexity index is 1290. The maximum atomic E-state index is 11.6. The maximum absolute atomic E-state index is 11.6. The molecule has 2 atom stereocenters. The van der Waals surface area contributed by atoms with Crippen LogP contribution in [-0.4, -0.2) is 55.1 Å². The van der Waals surface area contributed by atoms with E-state index in [0.717, 1.165) is 41.2 Å². The summed E-state index contributed by atoms with van der Waals surface area (Å²) in [5.41, 5.74) is 1.20. The Morgan fingerprint density at radius 1 is 1.15 bits per heavy atom. The SMILES string of the molecule is COC(=O)Nc1nccc2c([AsH]Cc3ccc(OC[C@@H]4CCn5ccnc5C4)nc3)cccc12. The molecule has 1 N–H and O–H groups in total. The van der Waals surface area contributed by atoms with Crippen molar-refractivity contribution in [3.8, 4) is 5.88 Å². The summed E-state index contributed by atoms with van der Waals surface area (Å²) in [5, 5.41) is 5.70. The first-order valence-corrected chi connectivity index (χ1v) is 13.8. The Hall–Kier alpha value is -3.38. The molecule has 0 saturated carbocycles. The van der Waals surface area contributed by atoms with Crippen LogP contribution in [0.4, 0.5) is 10.6 Å². The topological polar surface area (TPSA) is 91.2 Å². The molecule has 4 aromatic rings. The monoisotopic (exact) mass is 519 g/mol. The fourth-order valence-corrected chi connectivity index (χ4v) is 6.74. The van der Waals surface area contributed by atoms with Crippen molar-refractivity contribution >= 4 is 42.8 Å². The number of pyridine rings is 2. The van der Waals surface area contributed by atoms with Crippen molar-refractivity contribution in [2.45, 2.75) is 24.6 Å². The van der Waals surface area contributed by atoms with Gasteiger partial charge in [-0.05, 0) is 0 Å². The van der Waals surface area contributed by atoms with Crippen LogP contribution in [0.2, 0.25) is 0 Å². The van der Waals surface area contributed by atoms with Crippen LogP contribution in [0, 0.1) is 5.92 Å². The fourth-order valence-electron chi connectivity index (χ4n) is 4.17. The number of carbonyl (C=O) groups excluding carboxylic acids is 1. The average Bonchev–Trinajstić information content (AvgIpc) is 3.35. The van der Waals surface area contributed by atoms with Gasteiger partial charge >= 0.3 is 205 Å². The Kier molecular flexibility index (Phi) is 6.76. The van der Waals surface area contributed by atoms with Gasteiger partial charge in [-0.2, -0.15) is 0 Å². The number of hydrogen-bond donors (Lipinski definition) is 1. The van der Waals surface area contributed by atoms with Crippen LogP contribution < -0.4 is 14.4 Å². The van der Waals surface area contributed by atoms with Crippen LogP contribution in [0.3, 0.4) is 0 Å². The Morgan fingerprint density at radius 3 is 2.94 bits per heavy atom. The van der Waals surface area contributed by atoms with Gasteiger partial charge in [0, 0.05) is 0 Å². The second-order valence-electron chi connectivity index (χ2n) is 8.24. The Labute approximate surface area is 204 Å². The predicted molar refractivity (Wildman–Crippen MR) is 132 cm³/mol. The van der Waals surface area contributed by atoms with Gasteiger partial charge in [-0.15, -0.1) is 0 Å². The van der Waals surface area contributed by atoms with E-state index in [2.05, 4.69) is 37.0 Å². The van der Waals surface area contributed by atoms with E-state index < -0.39 is 21.8 Å². The first kappa shape index (κ1) is 22.4. The molecule has 3 aromatic heterocycles. The van der Waals surface area contributed by atoms with E-state index in [9.17, 15) is 4.79 Å². The second-order valence-corrected chi connectivity index (χ2v) is 10.9. The number of rotatable bonds is 7. The molecule has 8 nitrogen and oxygen atoms in total. The van der Waals surface area contributed by atoms with Gasteiger partial charge in [0.05, 0.1) is 0 Å². The number of anilines is 1. The standard InChI is InChI=1S/C25H26AsN5O3/c1-33-25(32)30-24-20-3-2-4-21(19(20)7-9-28-24)26-14-18-5-6-23(29-15-18)34-16-17-8-11-31-12-10-27-22(31)13-17/h2-7,9-10,12,15,17,26H,8,11,13-14,16H2,1H3,(H,28,30,32)/t17-/m1/s1. The molecular formula is C25H26AsN5O3. The zero-order chi connectivity index (χ0) is 23.3. The third kappa shape index (κ3) is 5.07. The van der Waals surface area contributed by atoms with Crippen LogP contribution in [-0.2, 0) is 22.9 Å². The minimum absolute atomic E-state index is 0.459. The summed E-state index contributed by atoms with van der Waals surface area (Å²) in [7, 11) is 1.34. The summed E-state index contributed by atoms with van der Waals surface area (Å²) in [6.07, 6.45) is 9.08. The van der Waals surface area contributed by atoms with Crippen LogP contribution in [0.25, 0.3) is 10.8 Å². The normalized spacial score (nSPS) is 15.4. The number of ether oxygens (including phenoxy) is 2. The summed E-state index contributed by atoms with van der Waals surface area (Å²) >= 11 is -0.459. The first-order chi connectivity index (χ1) is 16.7. The molecule has 1 aromatic carbocycles. The number of hydrogen-bond acceptors (Lipinski definition) is 6. The van der Waals surface area contributed by atoms with Crippen LogP contribution in [0.5, 0.6) is 5.88 Å². The summed E-state index contributed by atoms with van der Waals surface area (Å²) < 4.78 is 14.2. The van der Waals surface area contributed by atoms with E-state index in [1.165, 1.54) is 17.0 Å². The zero-order valence-electron chi connectivity index (χ0n) is 18.9. The molecule has 4 heterocycles. The van der Waals surface area contributed by atoms with Gasteiger partial charge in [0.25, 0.3) is 0 Å². The van der Waals surface area contributed by atoms with Gasteiger partial charge in [-0.25, -0.2) is 0 Å². The van der Waals surface area contributed by atoms with Gasteiger partial charge in [-0.1, -0.05) is 0 Å². The van der Waals surface area contributed by atoms with E-state index in [4.69, 9.17) is 9.47 Å². The third-order valence-corrected chi connectivity index (χ3v) is 8.95. The molecule has 174 valence electrons. The van der Waals surface area contributed by atoms with Gasteiger partial charge in [0.2, 0.25) is 0 Å². The number of amides is 1. The molecule has 1 aliphatic rings. The molecule has 34 heavy (non-hydrogen) atoms. The second kappa shape index (κ2) is 10.3. The summed E-state index contributed by atoms with van der Waals surface area (Å²) in [4.78, 5) is 24.9. The summed E-state index contributed by atoms with van der Waals surface area (Å²) in [6, 6.07) is 12.2. The number of aromatic nitrogens is 4. The molecule has 0 bridgehead atoms. The number of fused-ring (bicyclic) bond motifs is 2. The van der Waals surface area contributed by atoms with E-state index in [1.54, 1.807) is 6.20 Å². The molecule has 9 heteroatoms. The van der Waals surface area contributed by atoms with Gasteiger partial charge < -0.3 is 0 Å². The van der Waals surface area contributed by atoms with Crippen LogP contribution in [0.1, 0.15) is 17.8 Å². The molecular weight excluding hydrogens is 493 g/mol. The molecule has 0 saturated heterocycles. The van der Waals surface area contributed by atoms with Crippen molar-refractivity contribution in [3.05, 3.63) is 72.6 Å². The van der Waals surface area contributed by atoms with Gasteiger partial charge in [0.1, 0.15) is 0 Å². The molecule has 1 unspecified atom stereocenters. The zero-order valence-corrected chi connectivity index (χ0v) is 21.0. The number of nitrogens with one attached hydrogen (secondary N) is 1. The number of imidazole rings is 1. The van der Waals surface area contributed by atoms with E-state index in [-0.39, 0.29) is 0 Å². The Balaban J connectivity index is 1.19. The van der Waals surface area contributed by atoms with Crippen molar-refractivity contribution in [1.29, 1.82) is 0 Å². The van der Waals surface area contributed by atoms with Crippen molar-refractivity contribution in [1.82, 2.24) is 19.5 Å². The van der Waals surface area contributed by atoms with Crippen molar-refractivity contribution < 1.29 is 14.3 Å². The molecule has 0 radical (unpaired) electrons. The number of nitrogens with zero attached hydrogens (tertiary/aromatic N) is 4. The molecule has 5 rings (SSSR count). The van der Waals surface area contributed by atoms with Crippen molar-refractivity contribution in [2.75, 3.05) is 19.0 Å². The number of benzene rings is 1. The quantitative estimate of drug-likeness (QED) is 0.378. The summed E-state index contributed by atoms with van der Waals surface area (Å²) in [5.74, 6) is 2.81. The van der Waals surface area contributed by atoms with E-state index in [1.807, 2.05) is 42.9 Å². The van der Waals surface area contributed by atoms with E-state index in [0.29, 0.717) is 24.2 Å². The third-order valence-electron chi connectivity index (χ3n) is 6.01. The number of aryl methyl sites for hydroxylation is 1. The molecule has 1 aliphatic heterocycles. The van der Waals surface area contributed by atoms with E-state index >= 15 is 0 Å². The fraction of sp³-hybridized carbons (Fsp3) is 0.280. The van der Waals surface area contributed by atoms with Crippen LogP contribution in [0.15, 0.2) is 61.2 Å². The molecule has 0 fully saturated rings. The summed E-state index contributed by atoms with van der Waals surface area (Å²) in [6.45, 7) is 1.67. The molecule has 0 spiro atoms. The van der Waals surface area contributed by atoms with Crippen LogP contribution >= 0.6 is 0 Å². The van der Waals surface area contributed by atoms with Crippen molar-refractivity contribution in [3.63, 3.8) is 0 Å². The van der Waals surface area contributed by atoms with Crippen molar-refractivity contribution in [2.24, 2.45) is 5.92 Å². The van der Waals surface area contributed by atoms with Gasteiger partial charge in [-0.3, -0.25) is 0 Å². The number of methoxy groups -OCH3 is 1. The first-order valence-electron chi connectivity index (χ1n) is 11.2. The predicted octanol–water partition coefficient (Wildman–Crippen LogP) is 2.91. The minimum atomic E-state index is -0.524. The molecule has 1 amide bonds. The number of carbonyl (C=O) groups is 1. The Morgan fingerprint density at radius 2 is 2.09 bits per heavy atom. The average molecular weight is 519 g/mol.